The molecule has 2 atom stereocenters. The molecule has 2 aliphatic heterocycles. The Bertz CT molecular complexity index is 2160. The van der Waals surface area contributed by atoms with Crippen molar-refractivity contribution in [1.82, 2.24) is 29.7 Å². The second kappa shape index (κ2) is 14.7. The van der Waals surface area contributed by atoms with Gasteiger partial charge in [0.25, 0.3) is 0 Å². The number of likely N-dealkylation sites (tertiary alicyclic amines) is 2. The standard InChI is InChI=1S/C43H42N6O3/c1-52-39-21-20-33(26-34(39)36-28-45-43(47-36)38-15-9-23-49(38)41(51)25-30-12-6-3-7-13-30)31-16-18-32(19-17-31)35-27-44-42(46-35)37-14-8-22-48(37)40(50)24-29-10-4-2-5-11-29/h2-7,10-13,16-21,26-28,37-38H,8-9,14-15,22-25H2,1H3,(H,44,46)(H,45,47)/t37?,38-/m0/s1. The van der Waals surface area contributed by atoms with E-state index in [-0.39, 0.29) is 23.9 Å². The van der Waals surface area contributed by atoms with Gasteiger partial charge in [-0.15, -0.1) is 0 Å². The Morgan fingerprint density at radius 1 is 0.654 bits per heavy atom. The normalized spacial score (nSPS) is 17.1. The molecule has 9 heteroatoms. The number of H-pyrrole nitrogens is 2. The Morgan fingerprint density at radius 2 is 1.15 bits per heavy atom. The van der Waals surface area contributed by atoms with Gasteiger partial charge in [0.15, 0.2) is 0 Å². The van der Waals surface area contributed by atoms with E-state index in [1.165, 1.54) is 0 Å². The summed E-state index contributed by atoms with van der Waals surface area (Å²) in [6.45, 7) is 1.48. The first-order chi connectivity index (χ1) is 25.5. The SMILES string of the molecule is COc1ccc(-c2ccc(-c3cnc(C4CCCN4C(=O)Cc4ccccc4)[nH]3)cc2)cc1-c1cnc([C@@H]2CCCN2C(=O)Cc2ccccc2)[nH]1. The number of ether oxygens (including phenoxy) is 1. The highest BCUT2D eigenvalue weighted by atomic mass is 16.5. The van der Waals surface area contributed by atoms with Crippen LogP contribution in [0.25, 0.3) is 33.6 Å². The van der Waals surface area contributed by atoms with Crippen LogP contribution in [0.4, 0.5) is 0 Å². The summed E-state index contributed by atoms with van der Waals surface area (Å²) >= 11 is 0. The third kappa shape index (κ3) is 6.86. The zero-order chi connectivity index (χ0) is 35.4. The van der Waals surface area contributed by atoms with Crippen LogP contribution in [0.5, 0.6) is 5.75 Å². The first-order valence-corrected chi connectivity index (χ1v) is 18.1. The van der Waals surface area contributed by atoms with E-state index in [0.29, 0.717) is 12.8 Å². The molecule has 2 amide bonds. The summed E-state index contributed by atoms with van der Waals surface area (Å²) in [7, 11) is 1.67. The summed E-state index contributed by atoms with van der Waals surface area (Å²) in [5.41, 5.74) is 7.86. The molecular formula is C43H42N6O3. The quantitative estimate of drug-likeness (QED) is 0.152. The summed E-state index contributed by atoms with van der Waals surface area (Å²) in [5.74, 6) is 2.63. The van der Waals surface area contributed by atoms with E-state index in [1.54, 1.807) is 7.11 Å². The second-order valence-corrected chi connectivity index (χ2v) is 13.7. The van der Waals surface area contributed by atoms with Crippen LogP contribution in [0.2, 0.25) is 0 Å². The molecule has 4 aromatic carbocycles. The first-order valence-electron chi connectivity index (χ1n) is 18.1. The predicted octanol–water partition coefficient (Wildman–Crippen LogP) is 7.95. The number of imidazole rings is 2. The number of carbonyl (C=O) groups excluding carboxylic acids is 2. The van der Waals surface area contributed by atoms with Crippen molar-refractivity contribution in [3.05, 3.63) is 138 Å². The molecule has 9 nitrogen and oxygen atoms in total. The third-order valence-corrected chi connectivity index (χ3v) is 10.4. The van der Waals surface area contributed by atoms with Gasteiger partial charge in [-0.1, -0.05) is 91.0 Å². The van der Waals surface area contributed by atoms with Crippen molar-refractivity contribution < 1.29 is 14.3 Å². The van der Waals surface area contributed by atoms with E-state index >= 15 is 0 Å². The van der Waals surface area contributed by atoms with Gasteiger partial charge in [-0.2, -0.15) is 0 Å². The molecule has 4 heterocycles. The highest BCUT2D eigenvalue weighted by molar-refractivity contribution is 5.81. The maximum atomic E-state index is 13.3. The summed E-state index contributed by atoms with van der Waals surface area (Å²) in [6.07, 6.45) is 8.18. The lowest BCUT2D eigenvalue weighted by Crippen LogP contribution is -2.32. The molecule has 0 aliphatic carbocycles. The Hall–Kier alpha value is -5.96. The first kappa shape index (κ1) is 33.2. The molecule has 2 saturated heterocycles. The summed E-state index contributed by atoms with van der Waals surface area (Å²) in [5, 5.41) is 0. The number of nitrogens with zero attached hydrogens (tertiary/aromatic N) is 4. The molecule has 2 aromatic heterocycles. The number of methoxy groups -OCH3 is 1. The van der Waals surface area contributed by atoms with Crippen LogP contribution in [-0.2, 0) is 22.4 Å². The van der Waals surface area contributed by atoms with Crippen LogP contribution in [-0.4, -0.2) is 61.7 Å². The molecular weight excluding hydrogens is 649 g/mol. The number of carbonyl (C=O) groups is 2. The third-order valence-electron chi connectivity index (χ3n) is 10.4. The average Bonchev–Trinajstić information content (AvgIpc) is 4.02. The zero-order valence-electron chi connectivity index (χ0n) is 29.3. The van der Waals surface area contributed by atoms with E-state index in [9.17, 15) is 9.59 Å². The maximum absolute atomic E-state index is 13.3. The molecule has 8 rings (SSSR count). The van der Waals surface area contributed by atoms with Gasteiger partial charge >= 0.3 is 0 Å². The number of hydrogen-bond donors (Lipinski definition) is 2. The van der Waals surface area contributed by atoms with Crippen molar-refractivity contribution in [2.24, 2.45) is 0 Å². The van der Waals surface area contributed by atoms with E-state index < -0.39 is 0 Å². The topological polar surface area (TPSA) is 107 Å². The minimum Gasteiger partial charge on any atom is -0.496 e. The van der Waals surface area contributed by atoms with Crippen LogP contribution in [0, 0.1) is 0 Å². The smallest absolute Gasteiger partial charge is 0.227 e. The van der Waals surface area contributed by atoms with Crippen molar-refractivity contribution in [2.45, 2.75) is 50.6 Å². The summed E-state index contributed by atoms with van der Waals surface area (Å²) in [4.78, 5) is 47.0. The fourth-order valence-corrected chi connectivity index (χ4v) is 7.68. The van der Waals surface area contributed by atoms with Crippen molar-refractivity contribution >= 4 is 11.8 Å². The molecule has 0 radical (unpaired) electrons. The molecule has 262 valence electrons. The monoisotopic (exact) mass is 690 g/mol. The molecule has 52 heavy (non-hydrogen) atoms. The lowest BCUT2D eigenvalue weighted by atomic mass is 9.99. The zero-order valence-corrected chi connectivity index (χ0v) is 29.3. The Morgan fingerprint density at radius 3 is 1.71 bits per heavy atom. The minimum absolute atomic E-state index is 0.0449. The van der Waals surface area contributed by atoms with E-state index in [2.05, 4.69) is 46.4 Å². The Labute approximate surface area is 303 Å². The maximum Gasteiger partial charge on any atom is 0.227 e. The van der Waals surface area contributed by atoms with E-state index in [4.69, 9.17) is 14.7 Å². The summed E-state index contributed by atoms with van der Waals surface area (Å²) < 4.78 is 5.78. The molecule has 1 unspecified atom stereocenters. The molecule has 0 bridgehead atoms. The largest absolute Gasteiger partial charge is 0.496 e. The highest BCUT2D eigenvalue weighted by Gasteiger charge is 2.33. The number of amides is 2. The lowest BCUT2D eigenvalue weighted by molar-refractivity contribution is -0.132. The van der Waals surface area contributed by atoms with Crippen molar-refractivity contribution in [3.8, 4) is 39.4 Å². The van der Waals surface area contributed by atoms with Gasteiger partial charge in [-0.3, -0.25) is 9.59 Å². The van der Waals surface area contributed by atoms with Gasteiger partial charge in [0, 0.05) is 18.7 Å². The number of benzene rings is 4. The minimum atomic E-state index is -0.0822. The average molecular weight is 691 g/mol. The fraction of sp³-hybridized carbons (Fsp3) is 0.256. The molecule has 0 spiro atoms. The van der Waals surface area contributed by atoms with Crippen molar-refractivity contribution in [1.29, 1.82) is 0 Å². The van der Waals surface area contributed by atoms with E-state index in [1.807, 2.05) is 88.9 Å². The van der Waals surface area contributed by atoms with Gasteiger partial charge in [0.1, 0.15) is 17.4 Å². The predicted molar refractivity (Wildman–Crippen MR) is 201 cm³/mol. The van der Waals surface area contributed by atoms with Gasteiger partial charge in [0.2, 0.25) is 11.8 Å². The van der Waals surface area contributed by atoms with Gasteiger partial charge in [-0.05, 0) is 65.6 Å². The fourth-order valence-electron chi connectivity index (χ4n) is 7.68. The van der Waals surface area contributed by atoms with Crippen LogP contribution in [0.3, 0.4) is 0 Å². The molecule has 2 N–H and O–H groups in total. The van der Waals surface area contributed by atoms with Crippen molar-refractivity contribution in [3.63, 3.8) is 0 Å². The Kier molecular flexibility index (Phi) is 9.40. The summed E-state index contributed by atoms with van der Waals surface area (Å²) in [6, 6.07) is 34.3. The number of aromatic amines is 2. The number of nitrogens with one attached hydrogen (secondary N) is 2. The van der Waals surface area contributed by atoms with Crippen LogP contribution in [0.15, 0.2) is 116 Å². The lowest BCUT2D eigenvalue weighted by Gasteiger charge is -2.23. The molecule has 0 saturated carbocycles. The van der Waals surface area contributed by atoms with E-state index in [0.717, 1.165) is 101 Å². The highest BCUT2D eigenvalue weighted by Crippen LogP contribution is 2.37. The van der Waals surface area contributed by atoms with Crippen molar-refractivity contribution in [2.75, 3.05) is 20.2 Å². The van der Waals surface area contributed by atoms with Gasteiger partial charge in [-0.25, -0.2) is 9.97 Å². The number of rotatable bonds is 10. The Balaban J connectivity index is 0.973. The van der Waals surface area contributed by atoms with Crippen LogP contribution < -0.4 is 4.74 Å². The number of hydrogen-bond acceptors (Lipinski definition) is 5. The molecule has 2 aliphatic rings. The molecule has 2 fully saturated rings. The van der Waals surface area contributed by atoms with Gasteiger partial charge in [0.05, 0.1) is 55.8 Å². The second-order valence-electron chi connectivity index (χ2n) is 13.7. The molecule has 6 aromatic rings. The van der Waals surface area contributed by atoms with Gasteiger partial charge < -0.3 is 24.5 Å². The van der Waals surface area contributed by atoms with Crippen LogP contribution in [0.1, 0.15) is 60.5 Å². The van der Waals surface area contributed by atoms with Crippen LogP contribution >= 0.6 is 0 Å². The number of aromatic nitrogens is 4.